The average molecular weight is 343 g/mol. The molecule has 0 aromatic carbocycles. The lowest BCUT2D eigenvalue weighted by Gasteiger charge is -2.31. The van der Waals surface area contributed by atoms with Gasteiger partial charge in [0.05, 0.1) is 0 Å². The predicted octanol–water partition coefficient (Wildman–Crippen LogP) is 4.15. The van der Waals surface area contributed by atoms with Gasteiger partial charge in [0.2, 0.25) is 5.91 Å². The molecule has 0 aromatic heterocycles. The van der Waals surface area contributed by atoms with Crippen LogP contribution in [0.25, 0.3) is 0 Å². The van der Waals surface area contributed by atoms with Gasteiger partial charge in [0, 0.05) is 31.3 Å². The van der Waals surface area contributed by atoms with Crippen molar-refractivity contribution < 1.29 is 4.79 Å². The molecule has 1 unspecified atom stereocenters. The largest absolute Gasteiger partial charge is 0.338 e. The summed E-state index contributed by atoms with van der Waals surface area (Å²) in [5.74, 6) is 1.31. The summed E-state index contributed by atoms with van der Waals surface area (Å²) >= 11 is 1.92. The Balaban J connectivity index is 4.84. The molecule has 0 N–H and O–H groups in total. The Hall–Kier alpha value is -0.480. The highest BCUT2D eigenvalue weighted by molar-refractivity contribution is 8.00. The topological polar surface area (TPSA) is 23.6 Å². The molecule has 136 valence electrons. The van der Waals surface area contributed by atoms with E-state index in [1.807, 2.05) is 22.7 Å². The number of rotatable bonds is 9. The molecule has 0 aliphatic heterocycles. The molecule has 1 amide bonds. The van der Waals surface area contributed by atoms with Gasteiger partial charge in [0.15, 0.2) is 0 Å². The first kappa shape index (κ1) is 22.5. The lowest BCUT2D eigenvalue weighted by atomic mass is 9.96. The number of hydrogen-bond acceptors (Lipinski definition) is 3. The predicted molar refractivity (Wildman–Crippen MR) is 105 cm³/mol. The van der Waals surface area contributed by atoms with Crippen LogP contribution in [0.2, 0.25) is 0 Å². The molecule has 0 heterocycles. The number of amides is 1. The third-order valence-corrected chi connectivity index (χ3v) is 4.91. The van der Waals surface area contributed by atoms with E-state index in [4.69, 9.17) is 0 Å². The van der Waals surface area contributed by atoms with Crippen LogP contribution in [0.1, 0.15) is 48.0 Å². The van der Waals surface area contributed by atoms with Crippen molar-refractivity contribution in [2.45, 2.75) is 53.2 Å². The van der Waals surface area contributed by atoms with Crippen LogP contribution in [0.4, 0.5) is 0 Å². The molecular formula is C19H38N2OS. The number of thioether (sulfide) groups is 1. The van der Waals surface area contributed by atoms with E-state index in [-0.39, 0.29) is 16.7 Å². The second-order valence-corrected chi connectivity index (χ2v) is 10.4. The Morgan fingerprint density at radius 3 is 2.09 bits per heavy atom. The molecule has 1 atom stereocenters. The zero-order chi connectivity index (χ0) is 18.3. The lowest BCUT2D eigenvalue weighted by Crippen LogP contribution is -2.40. The maximum absolute atomic E-state index is 12.8. The second kappa shape index (κ2) is 9.73. The van der Waals surface area contributed by atoms with Gasteiger partial charge in [-0.2, -0.15) is 11.8 Å². The summed E-state index contributed by atoms with van der Waals surface area (Å²) in [6.45, 7) is 19.4. The zero-order valence-electron chi connectivity index (χ0n) is 16.6. The minimum atomic E-state index is 0.105. The molecule has 0 saturated carbocycles. The summed E-state index contributed by atoms with van der Waals surface area (Å²) in [4.78, 5) is 16.9. The highest BCUT2D eigenvalue weighted by Crippen LogP contribution is 2.26. The molecule has 0 aliphatic rings. The van der Waals surface area contributed by atoms with Crippen molar-refractivity contribution in [3.8, 4) is 0 Å². The average Bonchev–Trinajstić information content (AvgIpc) is 2.32. The van der Waals surface area contributed by atoms with Crippen LogP contribution in [-0.4, -0.2) is 60.4 Å². The minimum Gasteiger partial charge on any atom is -0.338 e. The SMILES string of the molecule is C=CCN(CC(C)(C)C)C(=O)CC(CN(C)C)SCC(C)(C)C. The summed E-state index contributed by atoms with van der Waals surface area (Å²) in [5.41, 5.74) is 0.388. The molecule has 0 saturated heterocycles. The van der Waals surface area contributed by atoms with Crippen molar-refractivity contribution in [1.29, 1.82) is 0 Å². The Morgan fingerprint density at radius 2 is 1.70 bits per heavy atom. The van der Waals surface area contributed by atoms with Crippen LogP contribution in [0.5, 0.6) is 0 Å². The van der Waals surface area contributed by atoms with Gasteiger partial charge in [-0.3, -0.25) is 4.79 Å². The molecule has 0 aromatic rings. The third kappa shape index (κ3) is 12.6. The summed E-state index contributed by atoms with van der Waals surface area (Å²) in [7, 11) is 4.15. The van der Waals surface area contributed by atoms with E-state index in [0.717, 1.165) is 18.8 Å². The summed E-state index contributed by atoms with van der Waals surface area (Å²) < 4.78 is 0. The van der Waals surface area contributed by atoms with Crippen LogP contribution in [0, 0.1) is 10.8 Å². The Morgan fingerprint density at radius 1 is 1.13 bits per heavy atom. The van der Waals surface area contributed by atoms with E-state index in [1.54, 1.807) is 0 Å². The van der Waals surface area contributed by atoms with Gasteiger partial charge < -0.3 is 9.80 Å². The van der Waals surface area contributed by atoms with Crippen molar-refractivity contribution >= 4 is 17.7 Å². The molecular weight excluding hydrogens is 304 g/mol. The summed E-state index contributed by atoms with van der Waals surface area (Å²) in [5, 5.41) is 0.337. The van der Waals surface area contributed by atoms with E-state index in [9.17, 15) is 4.79 Å². The van der Waals surface area contributed by atoms with Gasteiger partial charge in [-0.1, -0.05) is 47.6 Å². The first-order chi connectivity index (χ1) is 10.3. The Kier molecular flexibility index (Phi) is 9.53. The monoisotopic (exact) mass is 342 g/mol. The standard InChI is InChI=1S/C19H38N2OS/c1-10-11-21(14-18(2,3)4)17(22)12-16(13-20(8)9)23-15-19(5,6)7/h10,16H,1,11-15H2,2-9H3. The fourth-order valence-corrected chi connectivity index (χ4v) is 3.66. The maximum Gasteiger partial charge on any atom is 0.224 e. The van der Waals surface area contributed by atoms with E-state index in [1.165, 1.54) is 0 Å². The highest BCUT2D eigenvalue weighted by Gasteiger charge is 2.24. The first-order valence-electron chi connectivity index (χ1n) is 8.49. The van der Waals surface area contributed by atoms with Crippen molar-refractivity contribution in [2.24, 2.45) is 10.8 Å². The van der Waals surface area contributed by atoms with Gasteiger partial charge in [0.1, 0.15) is 0 Å². The normalized spacial score (nSPS) is 14.0. The maximum atomic E-state index is 12.8. The van der Waals surface area contributed by atoms with Gasteiger partial charge in [-0.25, -0.2) is 0 Å². The smallest absolute Gasteiger partial charge is 0.224 e. The molecule has 0 fully saturated rings. The fraction of sp³-hybridized carbons (Fsp3) is 0.842. The molecule has 0 spiro atoms. The van der Waals surface area contributed by atoms with E-state index in [0.29, 0.717) is 18.2 Å². The highest BCUT2D eigenvalue weighted by atomic mass is 32.2. The fourth-order valence-electron chi connectivity index (χ4n) is 2.26. The number of carbonyl (C=O) groups is 1. The summed E-state index contributed by atoms with van der Waals surface area (Å²) in [6.07, 6.45) is 2.43. The van der Waals surface area contributed by atoms with E-state index in [2.05, 4.69) is 67.1 Å². The minimum absolute atomic E-state index is 0.105. The van der Waals surface area contributed by atoms with Gasteiger partial charge in [-0.15, -0.1) is 6.58 Å². The molecule has 0 radical (unpaired) electrons. The van der Waals surface area contributed by atoms with E-state index < -0.39 is 0 Å². The molecule has 0 aliphatic carbocycles. The van der Waals surface area contributed by atoms with Crippen molar-refractivity contribution in [3.63, 3.8) is 0 Å². The van der Waals surface area contributed by atoms with Crippen molar-refractivity contribution in [2.75, 3.05) is 39.5 Å². The van der Waals surface area contributed by atoms with Gasteiger partial charge in [-0.05, 0) is 30.7 Å². The Labute approximate surface area is 148 Å². The Bertz CT molecular complexity index is 367. The van der Waals surface area contributed by atoms with Crippen LogP contribution in [-0.2, 0) is 4.79 Å². The molecule has 0 bridgehead atoms. The molecule has 4 heteroatoms. The van der Waals surface area contributed by atoms with Crippen LogP contribution < -0.4 is 0 Å². The van der Waals surface area contributed by atoms with Crippen LogP contribution in [0.15, 0.2) is 12.7 Å². The second-order valence-electron chi connectivity index (χ2n) is 9.08. The molecule has 0 rings (SSSR count). The van der Waals surface area contributed by atoms with Crippen LogP contribution >= 0.6 is 11.8 Å². The van der Waals surface area contributed by atoms with Crippen LogP contribution in [0.3, 0.4) is 0 Å². The number of carbonyl (C=O) groups excluding carboxylic acids is 1. The summed E-state index contributed by atoms with van der Waals surface area (Å²) in [6, 6.07) is 0. The third-order valence-electron chi connectivity index (χ3n) is 3.09. The van der Waals surface area contributed by atoms with Crippen molar-refractivity contribution in [1.82, 2.24) is 9.80 Å². The van der Waals surface area contributed by atoms with E-state index >= 15 is 0 Å². The molecule has 3 nitrogen and oxygen atoms in total. The van der Waals surface area contributed by atoms with Crippen molar-refractivity contribution in [3.05, 3.63) is 12.7 Å². The zero-order valence-corrected chi connectivity index (χ0v) is 17.4. The van der Waals surface area contributed by atoms with Gasteiger partial charge >= 0.3 is 0 Å². The number of nitrogens with zero attached hydrogens (tertiary/aromatic N) is 2. The van der Waals surface area contributed by atoms with Gasteiger partial charge in [0.25, 0.3) is 0 Å². The molecule has 23 heavy (non-hydrogen) atoms. The first-order valence-corrected chi connectivity index (χ1v) is 9.54. The quantitative estimate of drug-likeness (QED) is 0.588. The lowest BCUT2D eigenvalue weighted by molar-refractivity contribution is -0.131. The number of hydrogen-bond donors (Lipinski definition) is 0.